The molecule has 0 saturated carbocycles. The summed E-state index contributed by atoms with van der Waals surface area (Å²) < 4.78 is 10.3. The molecule has 1 aromatic heterocycles. The van der Waals surface area contributed by atoms with Crippen molar-refractivity contribution in [3.63, 3.8) is 0 Å². The molecule has 1 heterocycles. The van der Waals surface area contributed by atoms with Crippen LogP contribution >= 0.6 is 23.6 Å². The molecule has 3 N–H and O–H groups in total. The third kappa shape index (κ3) is 4.65. The highest BCUT2D eigenvalue weighted by molar-refractivity contribution is 7.78. The van der Waals surface area contributed by atoms with Crippen LogP contribution in [0.5, 0.6) is 5.75 Å². The number of nitrogens with two attached hydrogens (primary N) is 1. The maximum atomic E-state index is 10.5. The van der Waals surface area contributed by atoms with Crippen LogP contribution in [0.1, 0.15) is 4.88 Å². The van der Waals surface area contributed by atoms with Gasteiger partial charge in [0.05, 0.1) is 24.6 Å². The summed E-state index contributed by atoms with van der Waals surface area (Å²) in [5, 5.41) is 11.2. The van der Waals surface area contributed by atoms with Crippen molar-refractivity contribution in [1.29, 1.82) is 0 Å². The summed E-state index contributed by atoms with van der Waals surface area (Å²) in [6.07, 6.45) is 0. The number of carbonyl (C=O) groups excluding carboxylic acids is 1. The largest absolute Gasteiger partial charge is 0.452 e. The Morgan fingerprint density at radius 3 is 3.12 bits per heavy atom. The van der Waals surface area contributed by atoms with Crippen molar-refractivity contribution in [2.75, 3.05) is 13.2 Å². The normalized spacial score (nSPS) is 9.94. The smallest absolute Gasteiger partial charge is 0.338 e. The maximum absolute atomic E-state index is 10.5. The lowest BCUT2D eigenvalue weighted by atomic mass is 10.4. The lowest BCUT2D eigenvalue weighted by Crippen LogP contribution is -2.35. The zero-order chi connectivity index (χ0) is 12.7. The van der Waals surface area contributed by atoms with Crippen LogP contribution < -0.4 is 10.5 Å². The molecule has 0 bridgehead atoms. The van der Waals surface area contributed by atoms with E-state index in [1.807, 2.05) is 5.38 Å². The minimum atomic E-state index is -0.908. The van der Waals surface area contributed by atoms with E-state index in [4.69, 9.17) is 20.4 Å². The van der Waals surface area contributed by atoms with E-state index in [0.29, 0.717) is 17.4 Å². The van der Waals surface area contributed by atoms with Crippen molar-refractivity contribution in [2.45, 2.75) is 6.61 Å². The van der Waals surface area contributed by atoms with Gasteiger partial charge in [0.2, 0.25) is 0 Å². The highest BCUT2D eigenvalue weighted by Crippen LogP contribution is 2.25. The lowest BCUT2D eigenvalue weighted by molar-refractivity contribution is -0.0579. The summed E-state index contributed by atoms with van der Waals surface area (Å²) >= 11 is 6.05. The van der Waals surface area contributed by atoms with Crippen molar-refractivity contribution in [1.82, 2.24) is 5.06 Å². The summed E-state index contributed by atoms with van der Waals surface area (Å²) in [4.78, 5) is 11.4. The van der Waals surface area contributed by atoms with Crippen LogP contribution in [0.15, 0.2) is 11.4 Å². The van der Waals surface area contributed by atoms with Gasteiger partial charge < -0.3 is 15.2 Å². The molecule has 1 aromatic rings. The van der Waals surface area contributed by atoms with Crippen molar-refractivity contribution in [3.8, 4) is 5.75 Å². The lowest BCUT2D eigenvalue weighted by Gasteiger charge is -2.11. The zero-order valence-electron chi connectivity index (χ0n) is 8.87. The van der Waals surface area contributed by atoms with Gasteiger partial charge >= 0.3 is 6.03 Å². The number of thiophene rings is 1. The molecule has 0 aliphatic heterocycles. The molecule has 0 spiro atoms. The Balaban J connectivity index is 2.28. The summed E-state index contributed by atoms with van der Waals surface area (Å²) in [6, 6.07) is 0.878. The number of rotatable bonds is 7. The van der Waals surface area contributed by atoms with Crippen LogP contribution in [0.3, 0.4) is 0 Å². The van der Waals surface area contributed by atoms with Gasteiger partial charge in [0.25, 0.3) is 0 Å². The molecule has 8 heteroatoms. The van der Waals surface area contributed by atoms with Crippen molar-refractivity contribution in [2.24, 2.45) is 5.73 Å². The molecule has 0 aliphatic carbocycles. The molecule has 0 atom stereocenters. The van der Waals surface area contributed by atoms with Gasteiger partial charge in [-0.2, -0.15) is 0 Å². The van der Waals surface area contributed by atoms with E-state index < -0.39 is 6.03 Å². The van der Waals surface area contributed by atoms with Crippen LogP contribution in [0.2, 0.25) is 0 Å². The molecule has 0 saturated heterocycles. The van der Waals surface area contributed by atoms with Crippen LogP contribution in [0.25, 0.3) is 0 Å². The molecule has 17 heavy (non-hydrogen) atoms. The monoisotopic (exact) mass is 276 g/mol. The average molecular weight is 276 g/mol. The average Bonchev–Trinajstić information content (AvgIpc) is 2.72. The number of primary amides is 1. The SMILES string of the molecule is NC(=O)N(O)CCOCc1sccc1OC=S. The van der Waals surface area contributed by atoms with E-state index in [-0.39, 0.29) is 13.2 Å². The van der Waals surface area contributed by atoms with E-state index in [1.54, 1.807) is 6.07 Å². The quantitative estimate of drug-likeness (QED) is 0.340. The Labute approximate surface area is 107 Å². The molecule has 0 radical (unpaired) electrons. The van der Waals surface area contributed by atoms with E-state index >= 15 is 0 Å². The van der Waals surface area contributed by atoms with E-state index in [0.717, 1.165) is 4.88 Å². The number of nitrogens with zero attached hydrogens (tertiary/aromatic N) is 1. The first-order chi connectivity index (χ1) is 8.15. The summed E-state index contributed by atoms with van der Waals surface area (Å²) in [5.41, 5.74) is 6.00. The molecule has 1 rings (SSSR count). The molecular weight excluding hydrogens is 264 g/mol. The number of carbonyl (C=O) groups is 1. The second kappa shape index (κ2) is 7.17. The standard InChI is InChI=1S/C9H12N2O4S2/c10-9(12)11(13)2-3-14-5-8-7(15-6-16)1-4-17-8/h1,4,6,13H,2-3,5H2,(H2,10,12). The van der Waals surface area contributed by atoms with E-state index in [1.165, 1.54) is 16.9 Å². The summed E-state index contributed by atoms with van der Waals surface area (Å²) in [5.74, 6) is 0.653. The number of hydrogen-bond acceptors (Lipinski definition) is 6. The number of ether oxygens (including phenoxy) is 2. The van der Waals surface area contributed by atoms with Crippen molar-refractivity contribution in [3.05, 3.63) is 16.3 Å². The minimum Gasteiger partial charge on any atom is -0.452 e. The first kappa shape index (κ1) is 13.8. The second-order valence-corrected chi connectivity index (χ2v) is 4.13. The molecule has 2 amide bonds. The predicted molar refractivity (Wildman–Crippen MR) is 66.3 cm³/mol. The number of hydrogen-bond donors (Lipinski definition) is 2. The van der Waals surface area contributed by atoms with Crippen molar-refractivity contribution < 1.29 is 19.5 Å². The topological polar surface area (TPSA) is 85.0 Å². The highest BCUT2D eigenvalue weighted by atomic mass is 32.1. The fourth-order valence-corrected chi connectivity index (χ4v) is 1.86. The van der Waals surface area contributed by atoms with Crippen LogP contribution in [-0.2, 0) is 11.3 Å². The molecule has 94 valence electrons. The first-order valence-electron chi connectivity index (χ1n) is 4.65. The molecule has 0 aromatic carbocycles. The van der Waals surface area contributed by atoms with Gasteiger partial charge in [0.1, 0.15) is 5.75 Å². The van der Waals surface area contributed by atoms with Crippen LogP contribution in [0.4, 0.5) is 4.79 Å². The number of urea groups is 1. The number of thiocarbonyl (C=S) groups is 1. The third-order valence-electron chi connectivity index (χ3n) is 1.81. The van der Waals surface area contributed by atoms with Gasteiger partial charge in [-0.3, -0.25) is 5.21 Å². The summed E-state index contributed by atoms with van der Waals surface area (Å²) in [6.45, 7) is 0.515. The van der Waals surface area contributed by atoms with Gasteiger partial charge in [0, 0.05) is 0 Å². The molecule has 0 fully saturated rings. The van der Waals surface area contributed by atoms with Crippen LogP contribution in [-0.4, -0.2) is 35.0 Å². The fraction of sp³-hybridized carbons (Fsp3) is 0.333. The molecule has 6 nitrogen and oxygen atoms in total. The fourth-order valence-electron chi connectivity index (χ4n) is 1.02. The Hall–Kier alpha value is -1.22. The van der Waals surface area contributed by atoms with Gasteiger partial charge in [-0.25, -0.2) is 9.86 Å². The Bertz CT molecular complexity index is 383. The van der Waals surface area contributed by atoms with Crippen LogP contribution in [0, 0.1) is 0 Å². The molecule has 0 aliphatic rings. The summed E-state index contributed by atoms with van der Waals surface area (Å²) in [7, 11) is 0. The van der Waals surface area contributed by atoms with Gasteiger partial charge in [-0.15, -0.1) is 11.3 Å². The minimum absolute atomic E-state index is 0.0179. The second-order valence-electron chi connectivity index (χ2n) is 2.94. The predicted octanol–water partition coefficient (Wildman–Crippen LogP) is 1.37. The maximum Gasteiger partial charge on any atom is 0.338 e. The van der Waals surface area contributed by atoms with Gasteiger partial charge in [-0.05, 0) is 23.7 Å². The molecule has 0 unspecified atom stereocenters. The first-order valence-corrected chi connectivity index (χ1v) is 6.00. The van der Waals surface area contributed by atoms with E-state index in [2.05, 4.69) is 12.2 Å². The zero-order valence-corrected chi connectivity index (χ0v) is 10.5. The highest BCUT2D eigenvalue weighted by Gasteiger charge is 2.07. The Kier molecular flexibility index (Phi) is 5.84. The number of amides is 2. The van der Waals surface area contributed by atoms with Gasteiger partial charge in [-0.1, -0.05) is 0 Å². The third-order valence-corrected chi connectivity index (χ3v) is 2.79. The van der Waals surface area contributed by atoms with E-state index in [9.17, 15) is 4.79 Å². The Morgan fingerprint density at radius 1 is 1.71 bits per heavy atom. The molecular formula is C9H12N2O4S2. The number of hydroxylamine groups is 2. The van der Waals surface area contributed by atoms with Gasteiger partial charge in [0.15, 0.2) is 5.55 Å². The Morgan fingerprint density at radius 2 is 2.47 bits per heavy atom. The van der Waals surface area contributed by atoms with Crippen molar-refractivity contribution >= 4 is 35.1 Å².